The van der Waals surface area contributed by atoms with Gasteiger partial charge in [0.25, 0.3) is 11.5 Å². The molecule has 0 radical (unpaired) electrons. The van der Waals surface area contributed by atoms with E-state index in [-0.39, 0.29) is 54.7 Å². The number of ether oxygens (including phenoxy) is 1. The number of likely N-dealkylation sites (tertiary alicyclic amines) is 1. The van der Waals surface area contributed by atoms with Gasteiger partial charge in [-0.15, -0.1) is 0 Å². The van der Waals surface area contributed by atoms with Crippen molar-refractivity contribution in [3.8, 4) is 5.75 Å². The van der Waals surface area contributed by atoms with Crippen LogP contribution in [0.5, 0.6) is 5.75 Å². The Bertz CT molecular complexity index is 1080. The zero-order valence-corrected chi connectivity index (χ0v) is 17.2. The molecule has 1 saturated heterocycles. The SMILES string of the molecule is COc1cc(F)c(C(=O)N2C[C@H]3C[C@@H](C2)[C@H](CNC(C)=O)n2c3cccc2=O)c(F)c1. The summed E-state index contributed by atoms with van der Waals surface area (Å²) in [5, 5.41) is 2.76. The van der Waals surface area contributed by atoms with Crippen molar-refractivity contribution in [1.29, 1.82) is 0 Å². The van der Waals surface area contributed by atoms with E-state index < -0.39 is 23.1 Å². The van der Waals surface area contributed by atoms with Crippen LogP contribution in [0, 0.1) is 17.6 Å². The topological polar surface area (TPSA) is 80.6 Å². The summed E-state index contributed by atoms with van der Waals surface area (Å²) in [5.41, 5.74) is -0.0357. The van der Waals surface area contributed by atoms with Gasteiger partial charge in [-0.1, -0.05) is 6.07 Å². The van der Waals surface area contributed by atoms with Crippen molar-refractivity contribution in [2.45, 2.75) is 25.3 Å². The van der Waals surface area contributed by atoms with E-state index in [0.717, 1.165) is 17.8 Å². The fourth-order valence-electron chi connectivity index (χ4n) is 4.75. The van der Waals surface area contributed by atoms with E-state index in [1.807, 2.05) is 6.07 Å². The Balaban J connectivity index is 1.69. The van der Waals surface area contributed by atoms with Gasteiger partial charge in [-0.05, 0) is 18.4 Å². The second-order valence-corrected chi connectivity index (χ2v) is 8.03. The van der Waals surface area contributed by atoms with E-state index in [1.54, 1.807) is 10.6 Å². The minimum Gasteiger partial charge on any atom is -0.497 e. The lowest BCUT2D eigenvalue weighted by Gasteiger charge is -2.47. The first-order chi connectivity index (χ1) is 14.8. The largest absolute Gasteiger partial charge is 0.497 e. The number of methoxy groups -OCH3 is 1. The highest BCUT2D eigenvalue weighted by molar-refractivity contribution is 5.95. The van der Waals surface area contributed by atoms with Gasteiger partial charge in [0.15, 0.2) is 0 Å². The molecule has 0 spiro atoms. The van der Waals surface area contributed by atoms with Crippen molar-refractivity contribution in [2.75, 3.05) is 26.7 Å². The molecule has 4 rings (SSSR count). The van der Waals surface area contributed by atoms with Crippen molar-refractivity contribution in [3.63, 3.8) is 0 Å². The molecule has 2 aliphatic heterocycles. The minimum atomic E-state index is -0.982. The Morgan fingerprint density at radius 1 is 1.19 bits per heavy atom. The molecule has 1 N–H and O–H groups in total. The third-order valence-corrected chi connectivity index (χ3v) is 6.11. The second-order valence-electron chi connectivity index (χ2n) is 8.03. The van der Waals surface area contributed by atoms with Crippen LogP contribution in [0.4, 0.5) is 8.78 Å². The number of benzene rings is 1. The Kier molecular flexibility index (Phi) is 5.51. The van der Waals surface area contributed by atoms with Gasteiger partial charge in [-0.2, -0.15) is 0 Å². The lowest BCUT2D eigenvalue weighted by atomic mass is 9.78. The molecular formula is C22H23F2N3O4. The first-order valence-corrected chi connectivity index (χ1v) is 10.1. The number of carbonyl (C=O) groups is 2. The summed E-state index contributed by atoms with van der Waals surface area (Å²) in [6.45, 7) is 2.10. The molecule has 2 aliphatic rings. The highest BCUT2D eigenvalue weighted by Gasteiger charge is 2.42. The summed E-state index contributed by atoms with van der Waals surface area (Å²) in [6.07, 6.45) is 0.713. The predicted octanol–water partition coefficient (Wildman–Crippen LogP) is 2.07. The maximum atomic E-state index is 14.5. The number of hydrogen-bond acceptors (Lipinski definition) is 4. The van der Waals surface area contributed by atoms with Crippen LogP contribution in [-0.2, 0) is 4.79 Å². The number of rotatable bonds is 4. The Morgan fingerprint density at radius 3 is 2.55 bits per heavy atom. The molecule has 1 aromatic heterocycles. The number of hydrogen-bond donors (Lipinski definition) is 1. The van der Waals surface area contributed by atoms with Gasteiger partial charge in [-0.3, -0.25) is 14.4 Å². The third kappa shape index (κ3) is 3.80. The Hall–Kier alpha value is -3.23. The number of carbonyl (C=O) groups excluding carboxylic acids is 2. The number of nitrogens with zero attached hydrogens (tertiary/aromatic N) is 2. The van der Waals surface area contributed by atoms with Crippen LogP contribution in [-0.4, -0.2) is 48.0 Å². The lowest BCUT2D eigenvalue weighted by molar-refractivity contribution is -0.119. The number of amides is 2. The van der Waals surface area contributed by atoms with E-state index in [2.05, 4.69) is 5.32 Å². The molecule has 164 valence electrons. The van der Waals surface area contributed by atoms with E-state index in [4.69, 9.17) is 4.74 Å². The molecule has 2 amide bonds. The average Bonchev–Trinajstić information content (AvgIpc) is 2.73. The van der Waals surface area contributed by atoms with Gasteiger partial charge in [0, 0.05) is 56.4 Å². The molecule has 3 atom stereocenters. The second kappa shape index (κ2) is 8.13. The molecule has 1 fully saturated rings. The number of halogens is 2. The summed E-state index contributed by atoms with van der Waals surface area (Å²) in [5.74, 6) is -3.23. The predicted molar refractivity (Wildman–Crippen MR) is 108 cm³/mol. The van der Waals surface area contributed by atoms with Crippen LogP contribution in [0.25, 0.3) is 0 Å². The molecule has 1 aromatic carbocycles. The number of fused-ring (bicyclic) bond motifs is 4. The smallest absolute Gasteiger partial charge is 0.259 e. The van der Waals surface area contributed by atoms with Gasteiger partial charge in [-0.25, -0.2) is 8.78 Å². The molecule has 7 nitrogen and oxygen atoms in total. The van der Waals surface area contributed by atoms with E-state index in [9.17, 15) is 23.2 Å². The maximum Gasteiger partial charge on any atom is 0.259 e. The van der Waals surface area contributed by atoms with Crippen molar-refractivity contribution >= 4 is 11.8 Å². The van der Waals surface area contributed by atoms with Crippen molar-refractivity contribution in [3.05, 3.63) is 63.6 Å². The molecule has 2 bridgehead atoms. The fraction of sp³-hybridized carbons (Fsp3) is 0.409. The summed E-state index contributed by atoms with van der Waals surface area (Å²) >= 11 is 0. The fourth-order valence-corrected chi connectivity index (χ4v) is 4.75. The lowest BCUT2D eigenvalue weighted by Crippen LogP contribution is -2.53. The zero-order chi connectivity index (χ0) is 22.3. The van der Waals surface area contributed by atoms with Gasteiger partial charge in [0.2, 0.25) is 5.91 Å². The maximum absolute atomic E-state index is 14.5. The molecule has 0 aliphatic carbocycles. The van der Waals surface area contributed by atoms with Crippen molar-refractivity contribution in [2.24, 2.45) is 5.92 Å². The molecule has 31 heavy (non-hydrogen) atoms. The van der Waals surface area contributed by atoms with E-state index in [0.29, 0.717) is 6.42 Å². The number of piperidine rings is 1. The van der Waals surface area contributed by atoms with Crippen LogP contribution in [0.15, 0.2) is 35.1 Å². The van der Waals surface area contributed by atoms with Gasteiger partial charge in [0.1, 0.15) is 22.9 Å². The van der Waals surface area contributed by atoms with Crippen LogP contribution in [0.2, 0.25) is 0 Å². The first kappa shape index (κ1) is 21.0. The molecule has 0 unspecified atom stereocenters. The minimum absolute atomic E-state index is 0.00858. The van der Waals surface area contributed by atoms with Gasteiger partial charge >= 0.3 is 0 Å². The highest BCUT2D eigenvalue weighted by atomic mass is 19.1. The van der Waals surface area contributed by atoms with E-state index >= 15 is 0 Å². The molecule has 9 heteroatoms. The van der Waals surface area contributed by atoms with Gasteiger partial charge < -0.3 is 19.5 Å². The quantitative estimate of drug-likeness (QED) is 0.804. The number of pyridine rings is 1. The standard InChI is InChI=1S/C22H23F2N3O4/c1-12(28)25-9-19-14-6-13(18-4-3-5-20(29)27(18)19)10-26(11-14)22(30)21-16(23)7-15(31-2)8-17(21)24/h3-5,7-8,13-14,19H,6,9-11H2,1-2H3,(H,25,28)/t13-,14+,19+/m1/s1. The number of aromatic nitrogens is 1. The van der Waals surface area contributed by atoms with Crippen LogP contribution < -0.4 is 15.6 Å². The summed E-state index contributed by atoms with van der Waals surface area (Å²) < 4.78 is 35.6. The Morgan fingerprint density at radius 2 is 1.90 bits per heavy atom. The highest BCUT2D eigenvalue weighted by Crippen LogP contribution is 2.41. The summed E-state index contributed by atoms with van der Waals surface area (Å²) in [4.78, 5) is 38.6. The van der Waals surface area contributed by atoms with Crippen molar-refractivity contribution in [1.82, 2.24) is 14.8 Å². The number of nitrogens with one attached hydrogen (secondary N) is 1. The monoisotopic (exact) mass is 431 g/mol. The van der Waals surface area contributed by atoms with Crippen LogP contribution >= 0.6 is 0 Å². The zero-order valence-electron chi connectivity index (χ0n) is 17.2. The van der Waals surface area contributed by atoms with E-state index in [1.165, 1.54) is 25.0 Å². The molecule has 3 heterocycles. The normalized spacial score (nSPS) is 21.9. The van der Waals surface area contributed by atoms with Gasteiger partial charge in [0.05, 0.1) is 13.2 Å². The first-order valence-electron chi connectivity index (χ1n) is 10.1. The third-order valence-electron chi connectivity index (χ3n) is 6.11. The van der Waals surface area contributed by atoms with Crippen molar-refractivity contribution < 1.29 is 23.1 Å². The van der Waals surface area contributed by atoms with Crippen LogP contribution in [0.3, 0.4) is 0 Å². The summed E-state index contributed by atoms with van der Waals surface area (Å²) in [7, 11) is 1.29. The Labute approximate surface area is 177 Å². The molecule has 0 saturated carbocycles. The van der Waals surface area contributed by atoms with Crippen LogP contribution in [0.1, 0.15) is 41.4 Å². The molecule has 2 aromatic rings. The molecular weight excluding hydrogens is 408 g/mol. The summed E-state index contributed by atoms with van der Waals surface area (Å²) in [6, 6.07) is 6.56. The average molecular weight is 431 g/mol.